The number of ether oxygens (including phenoxy) is 1. The summed E-state index contributed by atoms with van der Waals surface area (Å²) in [7, 11) is 1.62. The second kappa shape index (κ2) is 5.24. The average molecular weight is 370 g/mol. The first-order valence-corrected chi connectivity index (χ1v) is 7.42. The Hall–Kier alpha value is -1.30. The van der Waals surface area contributed by atoms with Gasteiger partial charge >= 0.3 is 0 Å². The van der Waals surface area contributed by atoms with Gasteiger partial charge in [0.1, 0.15) is 5.75 Å². The van der Waals surface area contributed by atoms with E-state index in [1.807, 2.05) is 34.9 Å². The van der Waals surface area contributed by atoms with E-state index < -0.39 is 0 Å². The Labute approximate surface area is 134 Å². The highest BCUT2D eigenvalue weighted by Gasteiger charge is 2.11. The first kappa shape index (κ1) is 13.7. The first-order valence-electron chi connectivity index (χ1n) is 5.84. The highest BCUT2D eigenvalue weighted by Crippen LogP contribution is 2.29. The fraction of sp³-hybridized carbons (Fsp3) is 0.0714. The van der Waals surface area contributed by atoms with Crippen LogP contribution in [0, 0.1) is 4.77 Å². The molecule has 3 aromatic rings. The van der Waals surface area contributed by atoms with Gasteiger partial charge in [-0.25, -0.2) is 0 Å². The second-order valence-corrected chi connectivity index (χ2v) is 5.95. The van der Waals surface area contributed by atoms with Gasteiger partial charge in [0.05, 0.1) is 28.9 Å². The van der Waals surface area contributed by atoms with Crippen molar-refractivity contribution >= 4 is 50.8 Å². The van der Waals surface area contributed by atoms with E-state index in [1.165, 1.54) is 0 Å². The third-order valence-corrected chi connectivity index (χ3v) is 4.14. The number of nitrogens with one attached hydrogen (secondary N) is 1. The maximum absolute atomic E-state index is 6.30. The van der Waals surface area contributed by atoms with Gasteiger partial charge in [-0.1, -0.05) is 27.5 Å². The molecule has 0 amide bonds. The largest absolute Gasteiger partial charge is 0.497 e. The van der Waals surface area contributed by atoms with Crippen molar-refractivity contribution in [2.24, 2.45) is 0 Å². The van der Waals surface area contributed by atoms with Crippen molar-refractivity contribution in [2.45, 2.75) is 0 Å². The molecule has 0 unspecified atom stereocenters. The molecule has 102 valence electrons. The Bertz CT molecular complexity index is 856. The maximum atomic E-state index is 6.30. The molecule has 1 aromatic heterocycles. The van der Waals surface area contributed by atoms with Gasteiger partial charge in [-0.15, -0.1) is 0 Å². The number of methoxy groups -OCH3 is 1. The molecule has 0 saturated heterocycles. The van der Waals surface area contributed by atoms with Crippen LogP contribution < -0.4 is 4.74 Å². The van der Waals surface area contributed by atoms with Crippen molar-refractivity contribution in [1.29, 1.82) is 0 Å². The number of halogens is 2. The molecule has 3 nitrogen and oxygen atoms in total. The predicted octanol–water partition coefficient (Wildman–Crippen LogP) is 5.11. The molecule has 1 heterocycles. The zero-order chi connectivity index (χ0) is 14.3. The van der Waals surface area contributed by atoms with Crippen molar-refractivity contribution in [3.05, 3.63) is 50.7 Å². The molecule has 0 atom stereocenters. The van der Waals surface area contributed by atoms with Crippen LogP contribution in [0.25, 0.3) is 16.7 Å². The van der Waals surface area contributed by atoms with Crippen LogP contribution in [0.5, 0.6) is 5.75 Å². The highest BCUT2D eigenvalue weighted by atomic mass is 79.9. The molecule has 0 saturated carbocycles. The Kier molecular flexibility index (Phi) is 3.58. The SMILES string of the molecule is COc1ccc(Cl)c(-n2c(=S)[nH]c3cc(Br)ccc32)c1. The van der Waals surface area contributed by atoms with Crippen LogP contribution in [0.4, 0.5) is 0 Å². The summed E-state index contributed by atoms with van der Waals surface area (Å²) in [5.41, 5.74) is 2.71. The van der Waals surface area contributed by atoms with E-state index in [9.17, 15) is 0 Å². The third-order valence-electron chi connectivity index (χ3n) is 3.04. The van der Waals surface area contributed by atoms with Crippen molar-refractivity contribution in [3.8, 4) is 11.4 Å². The van der Waals surface area contributed by atoms with Crippen LogP contribution >= 0.6 is 39.7 Å². The molecule has 20 heavy (non-hydrogen) atoms. The van der Waals surface area contributed by atoms with Gasteiger partial charge in [-0.05, 0) is 42.5 Å². The lowest BCUT2D eigenvalue weighted by atomic mass is 10.2. The summed E-state index contributed by atoms with van der Waals surface area (Å²) in [6, 6.07) is 11.4. The number of benzene rings is 2. The minimum Gasteiger partial charge on any atom is -0.497 e. The standard InChI is InChI=1S/C14H10BrClN2OS/c1-19-9-3-4-10(16)13(7-9)18-12-5-2-8(15)6-11(12)17-14(18)20/h2-7H,1H3,(H,17,20). The lowest BCUT2D eigenvalue weighted by Gasteiger charge is -2.09. The predicted molar refractivity (Wildman–Crippen MR) is 87.7 cm³/mol. The summed E-state index contributed by atoms with van der Waals surface area (Å²) in [4.78, 5) is 3.18. The van der Waals surface area contributed by atoms with Gasteiger partial charge in [-0.3, -0.25) is 4.57 Å². The van der Waals surface area contributed by atoms with Gasteiger partial charge in [0, 0.05) is 10.5 Å². The van der Waals surface area contributed by atoms with Crippen molar-refractivity contribution in [1.82, 2.24) is 9.55 Å². The lowest BCUT2D eigenvalue weighted by molar-refractivity contribution is 0.414. The monoisotopic (exact) mass is 368 g/mol. The first-order chi connectivity index (χ1) is 9.60. The van der Waals surface area contributed by atoms with E-state index in [0.29, 0.717) is 9.79 Å². The minimum atomic E-state index is 0.591. The number of fused-ring (bicyclic) bond motifs is 1. The molecule has 0 aliphatic rings. The van der Waals surface area contributed by atoms with Crippen LogP contribution in [-0.4, -0.2) is 16.7 Å². The van der Waals surface area contributed by atoms with Crippen LogP contribution in [0.1, 0.15) is 0 Å². The number of aromatic amines is 1. The van der Waals surface area contributed by atoms with Crippen molar-refractivity contribution in [2.75, 3.05) is 7.11 Å². The Morgan fingerprint density at radius 1 is 1.25 bits per heavy atom. The molecule has 0 aliphatic heterocycles. The number of nitrogens with zero attached hydrogens (tertiary/aromatic N) is 1. The van der Waals surface area contributed by atoms with E-state index >= 15 is 0 Å². The lowest BCUT2D eigenvalue weighted by Crippen LogP contribution is -1.96. The summed E-state index contributed by atoms with van der Waals surface area (Å²) < 4.78 is 8.74. The van der Waals surface area contributed by atoms with Gasteiger partial charge in [-0.2, -0.15) is 0 Å². The Morgan fingerprint density at radius 3 is 2.80 bits per heavy atom. The number of rotatable bonds is 2. The smallest absolute Gasteiger partial charge is 0.182 e. The fourth-order valence-electron chi connectivity index (χ4n) is 2.11. The Morgan fingerprint density at radius 2 is 2.05 bits per heavy atom. The van der Waals surface area contributed by atoms with E-state index in [4.69, 9.17) is 28.6 Å². The third kappa shape index (κ3) is 2.26. The second-order valence-electron chi connectivity index (χ2n) is 4.24. The van der Waals surface area contributed by atoms with Gasteiger partial charge in [0.25, 0.3) is 0 Å². The fourth-order valence-corrected chi connectivity index (χ4v) is 2.98. The summed E-state index contributed by atoms with van der Waals surface area (Å²) in [6.45, 7) is 0. The molecule has 0 fully saturated rings. The van der Waals surface area contributed by atoms with E-state index in [-0.39, 0.29) is 0 Å². The minimum absolute atomic E-state index is 0.591. The summed E-state index contributed by atoms with van der Waals surface area (Å²) in [5, 5.41) is 0.616. The van der Waals surface area contributed by atoms with E-state index in [2.05, 4.69) is 20.9 Å². The zero-order valence-corrected chi connectivity index (χ0v) is 13.6. The van der Waals surface area contributed by atoms with Gasteiger partial charge < -0.3 is 9.72 Å². The summed E-state index contributed by atoms with van der Waals surface area (Å²) in [5.74, 6) is 0.734. The zero-order valence-electron chi connectivity index (χ0n) is 10.5. The maximum Gasteiger partial charge on any atom is 0.182 e. The molecule has 1 N–H and O–H groups in total. The topological polar surface area (TPSA) is 29.9 Å². The summed E-state index contributed by atoms with van der Waals surface area (Å²) >= 11 is 15.2. The van der Waals surface area contributed by atoms with Crippen LogP contribution in [-0.2, 0) is 0 Å². The van der Waals surface area contributed by atoms with Gasteiger partial charge in [0.15, 0.2) is 4.77 Å². The molecule has 0 spiro atoms. The molecular weight excluding hydrogens is 360 g/mol. The number of imidazole rings is 1. The van der Waals surface area contributed by atoms with Crippen molar-refractivity contribution in [3.63, 3.8) is 0 Å². The number of H-pyrrole nitrogens is 1. The van der Waals surface area contributed by atoms with E-state index in [1.54, 1.807) is 13.2 Å². The van der Waals surface area contributed by atoms with E-state index in [0.717, 1.165) is 26.9 Å². The molecule has 0 radical (unpaired) electrons. The Balaban J connectivity index is 2.34. The highest BCUT2D eigenvalue weighted by molar-refractivity contribution is 9.10. The van der Waals surface area contributed by atoms with Gasteiger partial charge in [0.2, 0.25) is 0 Å². The van der Waals surface area contributed by atoms with Crippen LogP contribution in [0.3, 0.4) is 0 Å². The summed E-state index contributed by atoms with van der Waals surface area (Å²) in [6.07, 6.45) is 0. The molecule has 3 rings (SSSR count). The van der Waals surface area contributed by atoms with Crippen molar-refractivity contribution < 1.29 is 4.74 Å². The van der Waals surface area contributed by atoms with Crippen LogP contribution in [0.2, 0.25) is 5.02 Å². The normalized spacial score (nSPS) is 10.9. The number of hydrogen-bond acceptors (Lipinski definition) is 2. The number of hydrogen-bond donors (Lipinski definition) is 1. The molecular formula is C14H10BrClN2OS. The molecule has 6 heteroatoms. The number of aromatic nitrogens is 2. The molecule has 2 aromatic carbocycles. The molecule has 0 aliphatic carbocycles. The average Bonchev–Trinajstić information content (AvgIpc) is 2.74. The molecule has 0 bridgehead atoms. The quantitative estimate of drug-likeness (QED) is 0.636. The van der Waals surface area contributed by atoms with Crippen LogP contribution in [0.15, 0.2) is 40.9 Å².